The normalized spacial score (nSPS) is 11.6. The van der Waals surface area contributed by atoms with E-state index in [4.69, 9.17) is 0 Å². The summed E-state index contributed by atoms with van der Waals surface area (Å²) in [4.78, 5) is 0. The second-order valence-corrected chi connectivity index (χ2v) is 13.8. The monoisotopic (exact) mass is 588 g/mol. The molecule has 0 aromatic carbocycles. The molecule has 2 heteroatoms. The molecule has 0 bridgehead atoms. The topological polar surface area (TPSA) is 8.81 Å². The van der Waals surface area contributed by atoms with Crippen molar-refractivity contribution in [2.24, 2.45) is 0 Å². The molecule has 0 fully saturated rings. The molecule has 2 nitrogen and oxygen atoms in total. The minimum Gasteiger partial charge on any atom is -0.234 e. The van der Waals surface area contributed by atoms with Gasteiger partial charge in [-0.05, 0) is 32.1 Å². The fourth-order valence-electron chi connectivity index (χ4n) is 6.68. The number of nitrogens with zero attached hydrogens (tertiary/aromatic N) is 2. The minimum absolute atomic E-state index is 1.23. The lowest BCUT2D eigenvalue weighted by Gasteiger charge is -2.07. The molecule has 0 unspecified atom stereocenters. The van der Waals surface area contributed by atoms with Gasteiger partial charge >= 0.3 is 0 Å². The Morgan fingerprint density at radius 3 is 1.14 bits per heavy atom. The van der Waals surface area contributed by atoms with Crippen LogP contribution in [0.2, 0.25) is 0 Å². The second kappa shape index (κ2) is 31.6. The van der Waals surface area contributed by atoms with E-state index in [1.165, 1.54) is 219 Å². The number of unbranched alkanes of at least 4 members (excludes halogenated alkanes) is 28. The highest BCUT2D eigenvalue weighted by atomic mass is 15.1. The van der Waals surface area contributed by atoms with Crippen LogP contribution in [0.4, 0.5) is 0 Å². The number of aryl methyl sites for hydroxylation is 2. The molecule has 0 atom stereocenters. The van der Waals surface area contributed by atoms with Gasteiger partial charge in [-0.15, -0.1) is 0 Å². The van der Waals surface area contributed by atoms with Gasteiger partial charge in [0.1, 0.15) is 12.4 Å². The van der Waals surface area contributed by atoms with Crippen molar-refractivity contribution < 1.29 is 4.57 Å². The van der Waals surface area contributed by atoms with E-state index in [9.17, 15) is 0 Å². The predicted molar refractivity (Wildman–Crippen MR) is 188 cm³/mol. The first-order chi connectivity index (χ1) is 20.8. The van der Waals surface area contributed by atoms with Gasteiger partial charge in [0.05, 0.1) is 13.1 Å². The average molecular weight is 588 g/mol. The van der Waals surface area contributed by atoms with Gasteiger partial charge in [0, 0.05) is 6.42 Å². The Kier molecular flexibility index (Phi) is 29.5. The highest BCUT2D eigenvalue weighted by Crippen LogP contribution is 2.15. The van der Waals surface area contributed by atoms with Crippen molar-refractivity contribution in [1.82, 2.24) is 4.57 Å². The lowest BCUT2D eigenvalue weighted by Crippen LogP contribution is -2.37. The molecule has 0 spiro atoms. The maximum Gasteiger partial charge on any atom is 0.256 e. The lowest BCUT2D eigenvalue weighted by molar-refractivity contribution is -0.704. The predicted octanol–water partition coefficient (Wildman–Crippen LogP) is 13.5. The fourth-order valence-corrected chi connectivity index (χ4v) is 6.68. The third-order valence-electron chi connectivity index (χ3n) is 9.60. The van der Waals surface area contributed by atoms with Gasteiger partial charge < -0.3 is 0 Å². The minimum atomic E-state index is 1.23. The first kappa shape index (κ1) is 39.2. The van der Waals surface area contributed by atoms with Crippen molar-refractivity contribution in [3.05, 3.63) is 18.2 Å². The zero-order chi connectivity index (χ0) is 30.2. The Morgan fingerprint density at radius 2 is 0.738 bits per heavy atom. The van der Waals surface area contributed by atoms with Crippen molar-refractivity contribution in [1.29, 1.82) is 0 Å². The molecule has 42 heavy (non-hydrogen) atoms. The summed E-state index contributed by atoms with van der Waals surface area (Å²) in [5, 5.41) is 0. The van der Waals surface area contributed by atoms with Crippen LogP contribution in [0.3, 0.4) is 0 Å². The molecule has 0 aliphatic rings. The van der Waals surface area contributed by atoms with E-state index in [-0.39, 0.29) is 0 Å². The second-order valence-electron chi connectivity index (χ2n) is 13.8. The molecule has 0 aliphatic heterocycles. The Labute approximate surface area is 266 Å². The Morgan fingerprint density at radius 1 is 0.405 bits per heavy atom. The molecule has 1 aromatic heterocycles. The standard InChI is InChI=1S/C40H79N2/c1-4-7-10-13-16-18-20-21-22-23-24-25-27-29-32-35-40-41(36-33-30-15-12-9-6-3)38-39-42(40)37-34-31-28-26-19-17-14-11-8-5-2/h38-39H,4-37H2,1-3H3/q+1. The number of hydrogen-bond donors (Lipinski definition) is 0. The summed E-state index contributed by atoms with van der Waals surface area (Å²) in [6, 6.07) is 0. The van der Waals surface area contributed by atoms with Crippen LogP contribution in [0, 0.1) is 0 Å². The van der Waals surface area contributed by atoms with Crippen molar-refractivity contribution >= 4 is 0 Å². The molecule has 1 heterocycles. The Hall–Kier alpha value is -0.790. The SMILES string of the molecule is CCCCCCCCCCCCCCCCCc1n(CCCCCCCCCCCC)cc[n+]1CCCCCCCC. The summed E-state index contributed by atoms with van der Waals surface area (Å²) < 4.78 is 5.26. The van der Waals surface area contributed by atoms with E-state index >= 15 is 0 Å². The van der Waals surface area contributed by atoms with Crippen molar-refractivity contribution in [3.63, 3.8) is 0 Å². The van der Waals surface area contributed by atoms with Crippen LogP contribution in [0.15, 0.2) is 12.4 Å². The molecular weight excluding hydrogens is 508 g/mol. The highest BCUT2D eigenvalue weighted by molar-refractivity contribution is 4.84. The molecule has 248 valence electrons. The van der Waals surface area contributed by atoms with Crippen LogP contribution in [-0.2, 0) is 19.5 Å². The highest BCUT2D eigenvalue weighted by Gasteiger charge is 2.16. The lowest BCUT2D eigenvalue weighted by atomic mass is 10.0. The molecule has 0 aliphatic carbocycles. The van der Waals surface area contributed by atoms with Gasteiger partial charge in [-0.25, -0.2) is 9.13 Å². The average Bonchev–Trinajstić information content (AvgIpc) is 3.38. The molecule has 1 aromatic rings. The zero-order valence-electron chi connectivity index (χ0n) is 29.6. The van der Waals surface area contributed by atoms with Crippen LogP contribution in [0.25, 0.3) is 0 Å². The third-order valence-corrected chi connectivity index (χ3v) is 9.60. The van der Waals surface area contributed by atoms with Gasteiger partial charge in [-0.3, -0.25) is 0 Å². The summed E-state index contributed by atoms with van der Waals surface area (Å²) in [5.74, 6) is 1.62. The van der Waals surface area contributed by atoms with E-state index in [0.717, 1.165) is 0 Å². The van der Waals surface area contributed by atoms with Gasteiger partial charge in [0.25, 0.3) is 5.82 Å². The summed E-state index contributed by atoms with van der Waals surface area (Å²) in [5.41, 5.74) is 0. The molecule has 1 rings (SSSR count). The zero-order valence-corrected chi connectivity index (χ0v) is 29.6. The van der Waals surface area contributed by atoms with Gasteiger partial charge in [0.15, 0.2) is 0 Å². The van der Waals surface area contributed by atoms with Crippen LogP contribution >= 0.6 is 0 Å². The Bertz CT molecular complexity index is 648. The maximum absolute atomic E-state index is 2.63. The van der Waals surface area contributed by atoms with Crippen LogP contribution < -0.4 is 4.57 Å². The van der Waals surface area contributed by atoms with Crippen LogP contribution in [-0.4, -0.2) is 4.57 Å². The molecule has 0 saturated carbocycles. The summed E-state index contributed by atoms with van der Waals surface area (Å²) >= 11 is 0. The number of rotatable bonds is 34. The summed E-state index contributed by atoms with van der Waals surface area (Å²) in [6.07, 6.45) is 50.4. The van der Waals surface area contributed by atoms with Crippen molar-refractivity contribution in [2.75, 3.05) is 0 Å². The first-order valence-corrected chi connectivity index (χ1v) is 19.9. The fraction of sp³-hybridized carbons (Fsp3) is 0.925. The van der Waals surface area contributed by atoms with Crippen molar-refractivity contribution in [2.45, 2.75) is 239 Å². The molecule has 0 N–H and O–H groups in total. The van der Waals surface area contributed by atoms with Gasteiger partial charge in [0.2, 0.25) is 0 Å². The Balaban J connectivity index is 2.23. The first-order valence-electron chi connectivity index (χ1n) is 19.9. The molecule has 0 amide bonds. The van der Waals surface area contributed by atoms with Crippen LogP contribution in [0.5, 0.6) is 0 Å². The molecule has 0 saturated heterocycles. The van der Waals surface area contributed by atoms with E-state index in [1.807, 2.05) is 0 Å². The van der Waals surface area contributed by atoms with Crippen molar-refractivity contribution in [3.8, 4) is 0 Å². The summed E-state index contributed by atoms with van der Waals surface area (Å²) in [7, 11) is 0. The van der Waals surface area contributed by atoms with E-state index in [1.54, 1.807) is 5.82 Å². The van der Waals surface area contributed by atoms with E-state index in [0.29, 0.717) is 0 Å². The quantitative estimate of drug-likeness (QED) is 0.0560. The van der Waals surface area contributed by atoms with E-state index in [2.05, 4.69) is 42.3 Å². The molecular formula is C40H79N2+. The summed E-state index contributed by atoms with van der Waals surface area (Å²) in [6.45, 7) is 9.40. The number of hydrogen-bond acceptors (Lipinski definition) is 0. The number of imidazole rings is 1. The largest absolute Gasteiger partial charge is 0.256 e. The van der Waals surface area contributed by atoms with Crippen LogP contribution in [0.1, 0.15) is 226 Å². The molecule has 0 radical (unpaired) electrons. The smallest absolute Gasteiger partial charge is 0.234 e. The maximum atomic E-state index is 2.63. The van der Waals surface area contributed by atoms with Gasteiger partial charge in [-0.1, -0.05) is 188 Å². The van der Waals surface area contributed by atoms with E-state index < -0.39 is 0 Å². The van der Waals surface area contributed by atoms with Gasteiger partial charge in [-0.2, -0.15) is 0 Å². The third kappa shape index (κ3) is 23.6. The number of aromatic nitrogens is 2.